The highest BCUT2D eigenvalue weighted by Crippen LogP contribution is 2.52. The summed E-state index contributed by atoms with van der Waals surface area (Å²) in [7, 11) is 0. The number of aromatic nitrogens is 1. The molecule has 2 heterocycles. The van der Waals surface area contributed by atoms with Crippen LogP contribution in [0.3, 0.4) is 0 Å². The topological polar surface area (TPSA) is 8.17 Å². The van der Waals surface area contributed by atoms with Gasteiger partial charge in [-0.2, -0.15) is 0 Å². The summed E-state index contributed by atoms with van der Waals surface area (Å²) in [6, 6.07) is 69.2. The van der Waals surface area contributed by atoms with E-state index in [0.29, 0.717) is 0 Å². The summed E-state index contributed by atoms with van der Waals surface area (Å²) in [6.07, 6.45) is 0. The van der Waals surface area contributed by atoms with E-state index in [0.717, 1.165) is 22.7 Å². The lowest BCUT2D eigenvalue weighted by Gasteiger charge is -2.30. The fraction of sp³-hybridized carbons (Fsp3) is 0.0400. The van der Waals surface area contributed by atoms with E-state index >= 15 is 0 Å². The molecule has 53 heavy (non-hydrogen) atoms. The van der Waals surface area contributed by atoms with Crippen molar-refractivity contribution in [2.24, 2.45) is 0 Å². The van der Waals surface area contributed by atoms with Gasteiger partial charge in [0.2, 0.25) is 0 Å². The second-order valence-corrected chi connectivity index (χ2v) is 15.4. The van der Waals surface area contributed by atoms with Gasteiger partial charge in [-0.05, 0) is 101 Å². The molecule has 0 radical (unpaired) electrons. The van der Waals surface area contributed by atoms with Gasteiger partial charge in [0, 0.05) is 59.1 Å². The second kappa shape index (κ2) is 11.5. The van der Waals surface area contributed by atoms with Crippen LogP contribution in [0, 0.1) is 0 Å². The van der Waals surface area contributed by atoms with Crippen molar-refractivity contribution in [3.05, 3.63) is 205 Å². The number of thiophene rings is 1. The molecule has 0 saturated heterocycles. The van der Waals surface area contributed by atoms with Gasteiger partial charge in [0.15, 0.2) is 0 Å². The molecule has 3 heteroatoms. The standard InChI is InChI=1S/C50H34N2S/c1-50(44-19-9-5-15-38(44)39-16-6-10-20-45(39)50)33-23-25-35(26-24-33)51(37-27-29-42-41-18-8-12-22-48(41)53-49(42)32-37)36-28-30-47-43(31-36)40-17-7-11-21-46(40)52(47)34-13-3-2-4-14-34/h2-32H,1H3. The number of nitrogens with zero attached hydrogens (tertiary/aromatic N) is 2. The number of rotatable bonds is 5. The molecule has 0 aliphatic heterocycles. The van der Waals surface area contributed by atoms with Crippen molar-refractivity contribution >= 4 is 70.4 Å². The number of fused-ring (bicyclic) bond motifs is 9. The van der Waals surface area contributed by atoms with Crippen LogP contribution >= 0.6 is 11.3 Å². The van der Waals surface area contributed by atoms with Gasteiger partial charge in [-0.15, -0.1) is 11.3 Å². The second-order valence-electron chi connectivity index (χ2n) is 14.3. The third kappa shape index (κ3) is 4.44. The van der Waals surface area contributed by atoms with Crippen LogP contribution in [0.2, 0.25) is 0 Å². The van der Waals surface area contributed by atoms with Crippen molar-refractivity contribution in [1.82, 2.24) is 4.57 Å². The van der Waals surface area contributed by atoms with Crippen LogP contribution in [0.25, 0.3) is 58.8 Å². The lowest BCUT2D eigenvalue weighted by atomic mass is 9.74. The van der Waals surface area contributed by atoms with Crippen LogP contribution in [-0.4, -0.2) is 4.57 Å². The van der Waals surface area contributed by atoms with Crippen molar-refractivity contribution in [2.75, 3.05) is 4.90 Å². The number of hydrogen-bond acceptors (Lipinski definition) is 2. The normalized spacial score (nSPS) is 13.2. The zero-order valence-electron chi connectivity index (χ0n) is 29.2. The Labute approximate surface area is 312 Å². The van der Waals surface area contributed by atoms with Crippen LogP contribution in [0.5, 0.6) is 0 Å². The lowest BCUT2D eigenvalue weighted by Crippen LogP contribution is -2.22. The van der Waals surface area contributed by atoms with Crippen molar-refractivity contribution in [1.29, 1.82) is 0 Å². The van der Waals surface area contributed by atoms with Gasteiger partial charge in [0.05, 0.1) is 11.0 Å². The Morgan fingerprint density at radius 1 is 0.434 bits per heavy atom. The van der Waals surface area contributed by atoms with Crippen LogP contribution in [0.15, 0.2) is 188 Å². The summed E-state index contributed by atoms with van der Waals surface area (Å²) in [5.41, 5.74) is 13.4. The molecule has 2 aromatic heterocycles. The van der Waals surface area contributed by atoms with E-state index in [9.17, 15) is 0 Å². The quantitative estimate of drug-likeness (QED) is 0.174. The van der Waals surface area contributed by atoms with E-state index < -0.39 is 0 Å². The highest BCUT2D eigenvalue weighted by atomic mass is 32.1. The first-order valence-electron chi connectivity index (χ1n) is 18.3. The Morgan fingerprint density at radius 2 is 1.00 bits per heavy atom. The average Bonchev–Trinajstić information content (AvgIpc) is 3.85. The van der Waals surface area contributed by atoms with Gasteiger partial charge >= 0.3 is 0 Å². The molecule has 0 saturated carbocycles. The molecule has 10 aromatic rings. The Hall–Kier alpha value is -6.42. The monoisotopic (exact) mass is 694 g/mol. The van der Waals surface area contributed by atoms with Crippen molar-refractivity contribution in [3.8, 4) is 16.8 Å². The molecule has 1 aliphatic rings. The van der Waals surface area contributed by atoms with Crippen molar-refractivity contribution in [2.45, 2.75) is 12.3 Å². The fourth-order valence-electron chi connectivity index (χ4n) is 8.96. The Bertz CT molecular complexity index is 2980. The van der Waals surface area contributed by atoms with E-state index in [4.69, 9.17) is 0 Å². The highest BCUT2D eigenvalue weighted by Gasteiger charge is 2.40. The zero-order valence-corrected chi connectivity index (χ0v) is 30.0. The summed E-state index contributed by atoms with van der Waals surface area (Å²) in [4.78, 5) is 2.43. The molecule has 0 fully saturated rings. The summed E-state index contributed by atoms with van der Waals surface area (Å²) < 4.78 is 4.99. The minimum absolute atomic E-state index is 0.245. The van der Waals surface area contributed by atoms with Crippen LogP contribution in [0.4, 0.5) is 17.1 Å². The Kier molecular flexibility index (Phi) is 6.58. The molecule has 0 amide bonds. The Balaban J connectivity index is 1.11. The molecule has 8 aromatic carbocycles. The third-order valence-electron chi connectivity index (χ3n) is 11.5. The van der Waals surface area contributed by atoms with Gasteiger partial charge in [-0.3, -0.25) is 0 Å². The maximum absolute atomic E-state index is 2.43. The molecule has 0 atom stereocenters. The molecular formula is C50H34N2S. The number of anilines is 3. The molecule has 0 bridgehead atoms. The fourth-order valence-corrected chi connectivity index (χ4v) is 10.1. The van der Waals surface area contributed by atoms with E-state index in [1.807, 2.05) is 11.3 Å². The number of para-hydroxylation sites is 2. The molecule has 250 valence electrons. The van der Waals surface area contributed by atoms with E-state index in [-0.39, 0.29) is 5.41 Å². The van der Waals surface area contributed by atoms with Gasteiger partial charge in [0.25, 0.3) is 0 Å². The molecule has 0 spiro atoms. The molecule has 0 unspecified atom stereocenters. The summed E-state index contributed by atoms with van der Waals surface area (Å²) in [5, 5.41) is 5.10. The molecular weight excluding hydrogens is 661 g/mol. The first kappa shape index (κ1) is 30.2. The average molecular weight is 695 g/mol. The van der Waals surface area contributed by atoms with Gasteiger partial charge < -0.3 is 9.47 Å². The highest BCUT2D eigenvalue weighted by molar-refractivity contribution is 7.25. The molecule has 2 nitrogen and oxygen atoms in total. The predicted molar refractivity (Wildman–Crippen MR) is 226 cm³/mol. The van der Waals surface area contributed by atoms with Crippen LogP contribution < -0.4 is 4.90 Å². The third-order valence-corrected chi connectivity index (χ3v) is 12.6. The predicted octanol–water partition coefficient (Wildman–Crippen LogP) is 14.0. The van der Waals surface area contributed by atoms with E-state index in [2.05, 4.69) is 204 Å². The molecule has 11 rings (SSSR count). The molecule has 1 aliphatic carbocycles. The van der Waals surface area contributed by atoms with E-state index in [1.165, 1.54) is 69.8 Å². The number of benzene rings is 8. The summed E-state index contributed by atoms with van der Waals surface area (Å²) >= 11 is 1.86. The molecule has 0 N–H and O–H groups in total. The SMILES string of the molecule is CC1(c2ccc(N(c3ccc4c(c3)sc3ccccc34)c3ccc4c(c3)c3ccccc3n4-c3ccccc3)cc2)c2ccccc2-c2ccccc21. The smallest absolute Gasteiger partial charge is 0.0542 e. The first-order valence-corrected chi connectivity index (χ1v) is 19.1. The summed E-state index contributed by atoms with van der Waals surface area (Å²) in [6.45, 7) is 2.39. The van der Waals surface area contributed by atoms with Gasteiger partial charge in [-0.25, -0.2) is 0 Å². The zero-order chi connectivity index (χ0) is 35.1. The number of hydrogen-bond donors (Lipinski definition) is 0. The van der Waals surface area contributed by atoms with E-state index in [1.54, 1.807) is 0 Å². The van der Waals surface area contributed by atoms with Gasteiger partial charge in [-0.1, -0.05) is 121 Å². The minimum Gasteiger partial charge on any atom is -0.310 e. The van der Waals surface area contributed by atoms with Crippen molar-refractivity contribution < 1.29 is 0 Å². The maximum atomic E-state index is 2.43. The van der Waals surface area contributed by atoms with Crippen LogP contribution in [0.1, 0.15) is 23.6 Å². The largest absolute Gasteiger partial charge is 0.310 e. The lowest BCUT2D eigenvalue weighted by molar-refractivity contribution is 0.714. The van der Waals surface area contributed by atoms with Gasteiger partial charge in [0.1, 0.15) is 0 Å². The first-order chi connectivity index (χ1) is 26.2. The Morgan fingerprint density at radius 3 is 1.77 bits per heavy atom. The maximum Gasteiger partial charge on any atom is 0.0542 e. The van der Waals surface area contributed by atoms with Crippen molar-refractivity contribution in [3.63, 3.8) is 0 Å². The van der Waals surface area contributed by atoms with Crippen LogP contribution in [-0.2, 0) is 5.41 Å². The summed E-state index contributed by atoms with van der Waals surface area (Å²) in [5.74, 6) is 0. The minimum atomic E-state index is -0.245.